The van der Waals surface area contributed by atoms with E-state index in [0.717, 1.165) is 12.1 Å². The average Bonchev–Trinajstić information content (AvgIpc) is 2.07. The summed E-state index contributed by atoms with van der Waals surface area (Å²) in [6.45, 7) is 3.31. The van der Waals surface area contributed by atoms with Gasteiger partial charge in [0, 0.05) is 24.5 Å². The highest BCUT2D eigenvalue weighted by Crippen LogP contribution is 1.99. The molecule has 2 heteroatoms. The molecule has 1 aliphatic rings. The average molecular weight is 146 g/mol. The number of hydrogen-bond donors (Lipinski definition) is 0. The third-order valence-corrected chi connectivity index (χ3v) is 1.28. The minimum atomic E-state index is 0.901. The second-order valence-corrected chi connectivity index (χ2v) is 2.09. The normalized spacial score (nSPS) is 19.8. The highest BCUT2D eigenvalue weighted by atomic mass is 14.7. The van der Waals surface area contributed by atoms with E-state index in [1.807, 2.05) is 18.2 Å². The quantitative estimate of drug-likeness (QED) is 0.533. The molecule has 0 bridgehead atoms. The molecule has 1 aliphatic carbocycles. The summed E-state index contributed by atoms with van der Waals surface area (Å²) in [6.07, 6.45) is 12.1. The van der Waals surface area contributed by atoms with Crippen molar-refractivity contribution in [2.75, 3.05) is 0 Å². The van der Waals surface area contributed by atoms with Crippen LogP contribution in [-0.2, 0) is 0 Å². The van der Waals surface area contributed by atoms with Crippen LogP contribution in [0.2, 0.25) is 0 Å². The van der Waals surface area contributed by atoms with Gasteiger partial charge in [-0.2, -0.15) is 0 Å². The second kappa shape index (κ2) is 4.39. The van der Waals surface area contributed by atoms with Crippen LogP contribution in [0.3, 0.4) is 0 Å². The van der Waals surface area contributed by atoms with Crippen molar-refractivity contribution in [1.82, 2.24) is 0 Å². The van der Waals surface area contributed by atoms with Crippen molar-refractivity contribution in [3.63, 3.8) is 0 Å². The predicted molar refractivity (Wildman–Crippen MR) is 49.0 cm³/mol. The standard InChI is InChI=1S/C9H10N2/c1-10-7-8-11-9-5-3-2-4-6-9/h2-5,7-8H,1,6H2/b8-7-,11-9-. The molecule has 0 aromatic rings. The van der Waals surface area contributed by atoms with Gasteiger partial charge in [0.15, 0.2) is 0 Å². The molecule has 2 nitrogen and oxygen atoms in total. The molecule has 0 radical (unpaired) electrons. The lowest BCUT2D eigenvalue weighted by molar-refractivity contribution is 1.39. The van der Waals surface area contributed by atoms with Crippen LogP contribution in [-0.4, -0.2) is 12.4 Å². The molecule has 0 amide bonds. The van der Waals surface area contributed by atoms with Crippen molar-refractivity contribution in [2.45, 2.75) is 6.42 Å². The minimum Gasteiger partial charge on any atom is -0.271 e. The van der Waals surface area contributed by atoms with Gasteiger partial charge in [0.1, 0.15) is 0 Å². The van der Waals surface area contributed by atoms with Gasteiger partial charge >= 0.3 is 0 Å². The third kappa shape index (κ3) is 2.76. The summed E-state index contributed by atoms with van der Waals surface area (Å²) in [5, 5.41) is 0. The molecule has 0 N–H and O–H groups in total. The predicted octanol–water partition coefficient (Wildman–Crippen LogP) is 2.12. The first kappa shape index (κ1) is 7.66. The minimum absolute atomic E-state index is 0.901. The Morgan fingerprint density at radius 2 is 2.27 bits per heavy atom. The van der Waals surface area contributed by atoms with Gasteiger partial charge in [-0.15, -0.1) is 0 Å². The van der Waals surface area contributed by atoms with E-state index in [1.54, 1.807) is 12.4 Å². The molecule has 0 aromatic carbocycles. The maximum Gasteiger partial charge on any atom is 0.0454 e. The Hall–Kier alpha value is -1.44. The van der Waals surface area contributed by atoms with Crippen LogP contribution in [0.1, 0.15) is 6.42 Å². The van der Waals surface area contributed by atoms with Crippen molar-refractivity contribution in [1.29, 1.82) is 0 Å². The molecule has 0 aliphatic heterocycles. The van der Waals surface area contributed by atoms with Crippen LogP contribution in [0.15, 0.2) is 46.7 Å². The fourth-order valence-electron chi connectivity index (χ4n) is 0.774. The number of hydrogen-bond acceptors (Lipinski definition) is 2. The molecular formula is C9H10N2. The first-order chi connectivity index (χ1) is 5.43. The third-order valence-electron chi connectivity index (χ3n) is 1.28. The Morgan fingerprint density at radius 3 is 2.91 bits per heavy atom. The fraction of sp³-hybridized carbons (Fsp3) is 0.111. The summed E-state index contributed by atoms with van der Waals surface area (Å²) in [5.41, 5.74) is 1.05. The molecule has 0 aromatic heterocycles. The summed E-state index contributed by atoms with van der Waals surface area (Å²) in [4.78, 5) is 7.68. The van der Waals surface area contributed by atoms with E-state index in [1.165, 1.54) is 0 Å². The van der Waals surface area contributed by atoms with E-state index >= 15 is 0 Å². The zero-order chi connectivity index (χ0) is 7.94. The van der Waals surface area contributed by atoms with E-state index in [4.69, 9.17) is 0 Å². The summed E-state index contributed by atoms with van der Waals surface area (Å²) in [5.74, 6) is 0. The van der Waals surface area contributed by atoms with Gasteiger partial charge < -0.3 is 0 Å². The van der Waals surface area contributed by atoms with E-state index in [2.05, 4.69) is 22.8 Å². The summed E-state index contributed by atoms with van der Waals surface area (Å²) in [7, 11) is 0. The van der Waals surface area contributed by atoms with Gasteiger partial charge in [-0.05, 0) is 12.8 Å². The molecule has 0 fully saturated rings. The Labute approximate surface area is 66.4 Å². The van der Waals surface area contributed by atoms with E-state index in [0.29, 0.717) is 0 Å². The van der Waals surface area contributed by atoms with Gasteiger partial charge in [-0.1, -0.05) is 18.2 Å². The van der Waals surface area contributed by atoms with Crippen LogP contribution < -0.4 is 0 Å². The first-order valence-electron chi connectivity index (χ1n) is 3.44. The van der Waals surface area contributed by atoms with E-state index in [-0.39, 0.29) is 0 Å². The van der Waals surface area contributed by atoms with Crippen molar-refractivity contribution < 1.29 is 0 Å². The number of aliphatic imine (C=N–C) groups is 2. The molecule has 0 heterocycles. The van der Waals surface area contributed by atoms with E-state index < -0.39 is 0 Å². The highest BCUT2D eigenvalue weighted by molar-refractivity contribution is 5.97. The Kier molecular flexibility index (Phi) is 3.06. The second-order valence-electron chi connectivity index (χ2n) is 2.09. The number of nitrogens with zero attached hydrogens (tertiary/aromatic N) is 2. The topological polar surface area (TPSA) is 24.7 Å². The molecule has 0 saturated heterocycles. The number of allylic oxidation sites excluding steroid dienone is 4. The van der Waals surface area contributed by atoms with Gasteiger partial charge in [0.25, 0.3) is 0 Å². The van der Waals surface area contributed by atoms with Crippen LogP contribution in [0.5, 0.6) is 0 Å². The van der Waals surface area contributed by atoms with Crippen molar-refractivity contribution in [3.8, 4) is 0 Å². The molecule has 0 spiro atoms. The highest BCUT2D eigenvalue weighted by Gasteiger charge is 1.91. The largest absolute Gasteiger partial charge is 0.271 e. The maximum absolute atomic E-state index is 4.14. The Morgan fingerprint density at radius 1 is 1.36 bits per heavy atom. The van der Waals surface area contributed by atoms with Crippen LogP contribution in [0.4, 0.5) is 0 Å². The first-order valence-corrected chi connectivity index (χ1v) is 3.44. The molecule has 1 rings (SSSR count). The monoisotopic (exact) mass is 146 g/mol. The van der Waals surface area contributed by atoms with Crippen molar-refractivity contribution in [2.24, 2.45) is 9.98 Å². The zero-order valence-electron chi connectivity index (χ0n) is 6.27. The van der Waals surface area contributed by atoms with Gasteiger partial charge in [0.05, 0.1) is 0 Å². The van der Waals surface area contributed by atoms with Crippen molar-refractivity contribution >= 4 is 12.4 Å². The molecule has 56 valence electrons. The summed E-state index contributed by atoms with van der Waals surface area (Å²) >= 11 is 0. The van der Waals surface area contributed by atoms with Gasteiger partial charge in [-0.3, -0.25) is 9.98 Å². The molecule has 0 atom stereocenters. The number of rotatable bonds is 2. The van der Waals surface area contributed by atoms with Gasteiger partial charge in [0.2, 0.25) is 0 Å². The summed E-state index contributed by atoms with van der Waals surface area (Å²) in [6, 6.07) is 0. The SMILES string of the molecule is C=N/C=C\N=C1\C=CC=CC1. The molecular weight excluding hydrogens is 136 g/mol. The fourth-order valence-corrected chi connectivity index (χ4v) is 0.774. The maximum atomic E-state index is 4.14. The molecule has 0 saturated carbocycles. The Balaban J connectivity index is 2.53. The van der Waals surface area contributed by atoms with Gasteiger partial charge in [-0.25, -0.2) is 0 Å². The molecule has 11 heavy (non-hydrogen) atoms. The van der Waals surface area contributed by atoms with Crippen LogP contribution in [0.25, 0.3) is 0 Å². The lowest BCUT2D eigenvalue weighted by atomic mass is 10.2. The smallest absolute Gasteiger partial charge is 0.0454 e. The van der Waals surface area contributed by atoms with Crippen LogP contribution in [0, 0.1) is 0 Å². The van der Waals surface area contributed by atoms with Crippen LogP contribution >= 0.6 is 0 Å². The summed E-state index contributed by atoms with van der Waals surface area (Å²) < 4.78 is 0. The van der Waals surface area contributed by atoms with E-state index in [9.17, 15) is 0 Å². The molecule has 0 unspecified atom stereocenters. The lowest BCUT2D eigenvalue weighted by Crippen LogP contribution is -1.92. The Bertz CT molecular complexity index is 244. The lowest BCUT2D eigenvalue weighted by Gasteiger charge is -1.96. The van der Waals surface area contributed by atoms with Crippen molar-refractivity contribution in [3.05, 3.63) is 36.7 Å². The zero-order valence-corrected chi connectivity index (χ0v) is 6.27.